The minimum Gasteiger partial charge on any atom is -0.375 e. The Morgan fingerprint density at radius 1 is 1.29 bits per heavy atom. The highest BCUT2D eigenvalue weighted by molar-refractivity contribution is 5.98. The van der Waals surface area contributed by atoms with Crippen molar-refractivity contribution >= 4 is 23.6 Å². The van der Waals surface area contributed by atoms with Crippen LogP contribution < -0.4 is 16.0 Å². The molecule has 6 heteroatoms. The van der Waals surface area contributed by atoms with Crippen molar-refractivity contribution in [3.05, 3.63) is 52.1 Å². The summed E-state index contributed by atoms with van der Waals surface area (Å²) in [5, 5.41) is 9.80. The molecule has 3 N–H and O–H groups in total. The van der Waals surface area contributed by atoms with Crippen LogP contribution in [0.2, 0.25) is 0 Å². The number of aromatic nitrogens is 1. The zero-order chi connectivity index (χ0) is 22.6. The average molecular weight is 427 g/mol. The predicted molar refractivity (Wildman–Crippen MR) is 127 cm³/mol. The summed E-state index contributed by atoms with van der Waals surface area (Å²) < 4.78 is 16.0. The van der Waals surface area contributed by atoms with Crippen LogP contribution in [0.1, 0.15) is 60.1 Å². The van der Waals surface area contributed by atoms with Crippen LogP contribution in [0.3, 0.4) is 0 Å². The van der Waals surface area contributed by atoms with E-state index in [4.69, 9.17) is 0 Å². The highest BCUT2D eigenvalue weighted by Crippen LogP contribution is 2.47. The van der Waals surface area contributed by atoms with E-state index >= 15 is 0 Å². The largest absolute Gasteiger partial charge is 0.375 e. The van der Waals surface area contributed by atoms with Crippen LogP contribution in [-0.2, 0) is 13.0 Å². The van der Waals surface area contributed by atoms with Gasteiger partial charge in [0.25, 0.3) is 0 Å². The number of carbonyl (C=O) groups is 1. The normalized spacial score (nSPS) is 18.6. The van der Waals surface area contributed by atoms with Gasteiger partial charge in [0.05, 0.1) is 5.54 Å². The van der Waals surface area contributed by atoms with Crippen LogP contribution >= 0.6 is 0 Å². The molecule has 1 unspecified atom stereocenters. The molecule has 0 saturated heterocycles. The van der Waals surface area contributed by atoms with Gasteiger partial charge in [-0.3, -0.25) is 4.79 Å². The van der Waals surface area contributed by atoms with E-state index in [0.717, 1.165) is 84.6 Å². The summed E-state index contributed by atoms with van der Waals surface area (Å²) in [6.07, 6.45) is 4.82. The van der Waals surface area contributed by atoms with Crippen molar-refractivity contribution in [3.8, 4) is 0 Å². The van der Waals surface area contributed by atoms with Gasteiger partial charge in [0.1, 0.15) is 5.82 Å². The lowest BCUT2D eigenvalue weighted by Crippen LogP contribution is -2.31. The van der Waals surface area contributed by atoms with Crippen molar-refractivity contribution in [1.82, 2.24) is 15.2 Å². The third-order valence-corrected chi connectivity index (χ3v) is 6.39. The Hall–Kier alpha value is -2.44. The van der Waals surface area contributed by atoms with Crippen molar-refractivity contribution in [1.29, 1.82) is 0 Å². The maximum absolute atomic E-state index is 13.8. The summed E-state index contributed by atoms with van der Waals surface area (Å²) in [4.78, 5) is 11.5. The first-order valence-electron chi connectivity index (χ1n) is 11.2. The van der Waals surface area contributed by atoms with Gasteiger partial charge in [-0.2, -0.15) is 0 Å². The number of hydrogen-bond acceptors (Lipinski definition) is 4. The second-order valence-corrected chi connectivity index (χ2v) is 8.40. The van der Waals surface area contributed by atoms with E-state index in [2.05, 4.69) is 47.4 Å². The summed E-state index contributed by atoms with van der Waals surface area (Å²) in [7, 11) is 1.96. The fraction of sp³-hybridized carbons (Fsp3) is 0.480. The van der Waals surface area contributed by atoms with Gasteiger partial charge in [0.15, 0.2) is 6.29 Å². The highest BCUT2D eigenvalue weighted by Gasteiger charge is 2.39. The van der Waals surface area contributed by atoms with Gasteiger partial charge in [-0.15, -0.1) is 0 Å². The lowest BCUT2D eigenvalue weighted by atomic mass is 9.87. The number of nitrogens with zero attached hydrogens (tertiary/aromatic N) is 1. The third-order valence-electron chi connectivity index (χ3n) is 6.39. The molecule has 31 heavy (non-hydrogen) atoms. The highest BCUT2D eigenvalue weighted by atomic mass is 19.1. The molecular weight excluding hydrogens is 391 g/mol. The Kier molecular flexibility index (Phi) is 7.34. The Balaban J connectivity index is 0.000000339. The zero-order valence-corrected chi connectivity index (χ0v) is 19.4. The van der Waals surface area contributed by atoms with Crippen LogP contribution in [0.15, 0.2) is 18.2 Å². The fourth-order valence-corrected chi connectivity index (χ4v) is 4.63. The van der Waals surface area contributed by atoms with E-state index in [-0.39, 0.29) is 11.4 Å². The number of fused-ring (bicyclic) bond motifs is 4. The van der Waals surface area contributed by atoms with E-state index in [1.807, 2.05) is 20.0 Å². The number of benzene rings is 1. The minimum atomic E-state index is -0.221. The van der Waals surface area contributed by atoms with Crippen LogP contribution in [0.5, 0.6) is 0 Å². The molecular formula is C25H35FN4O. The lowest BCUT2D eigenvalue weighted by Gasteiger charge is -2.26. The Morgan fingerprint density at radius 2 is 2.06 bits per heavy atom. The zero-order valence-electron chi connectivity index (χ0n) is 19.4. The molecule has 2 aliphatic heterocycles. The van der Waals surface area contributed by atoms with E-state index in [1.54, 1.807) is 6.07 Å². The molecule has 168 valence electrons. The van der Waals surface area contributed by atoms with E-state index < -0.39 is 0 Å². The molecule has 0 amide bonds. The number of rotatable bonds is 6. The standard InChI is InChI=1S/C20H21FN2O.C5H14N2/c1-4-14-16(11-24)12(2)23-8-7-20(3)17(10-19(14)23)15-9-13(21)5-6-18(15)22-20;1-3-7-5-4-6-2/h5-6,9-11,22H,4,7-8H2,1-3H3;6-7H,3-5H2,1-2H3. The Morgan fingerprint density at radius 3 is 2.71 bits per heavy atom. The van der Waals surface area contributed by atoms with Gasteiger partial charge < -0.3 is 20.5 Å². The van der Waals surface area contributed by atoms with Gasteiger partial charge >= 0.3 is 0 Å². The van der Waals surface area contributed by atoms with Crippen LogP contribution in [0, 0.1) is 12.7 Å². The molecule has 0 aliphatic carbocycles. The first-order chi connectivity index (χ1) is 14.9. The molecule has 3 heterocycles. The smallest absolute Gasteiger partial charge is 0.152 e. The molecule has 5 nitrogen and oxygen atoms in total. The quantitative estimate of drug-likeness (QED) is 0.477. The summed E-state index contributed by atoms with van der Waals surface area (Å²) in [6.45, 7) is 12.4. The summed E-state index contributed by atoms with van der Waals surface area (Å²) in [5.74, 6) is -0.221. The van der Waals surface area contributed by atoms with Gasteiger partial charge in [-0.1, -0.05) is 13.8 Å². The third kappa shape index (κ3) is 4.46. The predicted octanol–water partition coefficient (Wildman–Crippen LogP) is 4.25. The molecule has 0 radical (unpaired) electrons. The first kappa shape index (κ1) is 23.2. The van der Waals surface area contributed by atoms with Gasteiger partial charge in [-0.05, 0) is 75.7 Å². The topological polar surface area (TPSA) is 58.1 Å². The van der Waals surface area contributed by atoms with Crippen molar-refractivity contribution in [3.63, 3.8) is 0 Å². The number of likely N-dealkylation sites (N-methyl/N-ethyl adjacent to an activating group) is 2. The molecule has 4 rings (SSSR count). The number of anilines is 1. The molecule has 2 aliphatic rings. The number of carbonyl (C=O) groups excluding carboxylic acids is 1. The van der Waals surface area contributed by atoms with Crippen molar-refractivity contribution in [2.45, 2.75) is 52.6 Å². The average Bonchev–Trinajstić information content (AvgIpc) is 3.11. The molecule has 1 aromatic heterocycles. The molecule has 0 spiro atoms. The number of nitrogens with one attached hydrogen (secondary N) is 3. The monoisotopic (exact) mass is 426 g/mol. The Labute approximate surface area is 185 Å². The second kappa shape index (κ2) is 9.79. The molecule has 0 bridgehead atoms. The molecule has 0 saturated carbocycles. The number of hydrogen-bond donors (Lipinski definition) is 3. The van der Waals surface area contributed by atoms with Crippen molar-refractivity contribution in [2.24, 2.45) is 0 Å². The van der Waals surface area contributed by atoms with E-state index in [9.17, 15) is 9.18 Å². The maximum atomic E-state index is 13.8. The molecule has 2 aromatic rings. The number of halogens is 1. The molecule has 1 atom stereocenters. The second-order valence-electron chi connectivity index (χ2n) is 8.40. The summed E-state index contributed by atoms with van der Waals surface area (Å²) >= 11 is 0. The van der Waals surface area contributed by atoms with Crippen molar-refractivity contribution < 1.29 is 9.18 Å². The minimum absolute atomic E-state index is 0.214. The van der Waals surface area contributed by atoms with E-state index in [0.29, 0.717) is 0 Å². The molecule has 1 aromatic carbocycles. The van der Waals surface area contributed by atoms with Crippen LogP contribution in [0.4, 0.5) is 10.1 Å². The van der Waals surface area contributed by atoms with Gasteiger partial charge in [0, 0.05) is 47.8 Å². The maximum Gasteiger partial charge on any atom is 0.152 e. The SMILES string of the molecule is CCNCCNC.CCc1c(C=O)c(C)n2c1C=C1c3cc(F)ccc3NC1(C)CC2. The van der Waals surface area contributed by atoms with Crippen LogP contribution in [0.25, 0.3) is 11.6 Å². The fourth-order valence-electron chi connectivity index (χ4n) is 4.63. The lowest BCUT2D eigenvalue weighted by molar-refractivity contribution is 0.112. The first-order valence-corrected chi connectivity index (χ1v) is 11.2. The van der Waals surface area contributed by atoms with Gasteiger partial charge in [0.2, 0.25) is 0 Å². The van der Waals surface area contributed by atoms with E-state index in [1.165, 1.54) is 6.07 Å². The summed E-state index contributed by atoms with van der Waals surface area (Å²) in [6, 6.07) is 4.92. The van der Waals surface area contributed by atoms with Gasteiger partial charge in [-0.25, -0.2) is 4.39 Å². The Bertz CT molecular complexity index is 974. The molecule has 0 fully saturated rings. The van der Waals surface area contributed by atoms with Crippen LogP contribution in [-0.4, -0.2) is 43.1 Å². The number of aldehydes is 1. The van der Waals surface area contributed by atoms with Crippen molar-refractivity contribution in [2.75, 3.05) is 32.0 Å². The summed E-state index contributed by atoms with van der Waals surface area (Å²) in [5.41, 5.74) is 6.82.